The number of hydrogen-bond acceptors (Lipinski definition) is 5. The molecular weight excluding hydrogens is 352 g/mol. The van der Waals surface area contributed by atoms with Gasteiger partial charge in [0.15, 0.2) is 0 Å². The lowest BCUT2D eigenvalue weighted by Crippen LogP contribution is -2.52. The lowest BCUT2D eigenvalue weighted by Gasteiger charge is -2.26. The van der Waals surface area contributed by atoms with Crippen molar-refractivity contribution in [2.24, 2.45) is 0 Å². The van der Waals surface area contributed by atoms with E-state index in [0.29, 0.717) is 6.42 Å². The second-order valence-electron chi connectivity index (χ2n) is 7.36. The van der Waals surface area contributed by atoms with Crippen molar-refractivity contribution in [1.29, 1.82) is 0 Å². The molecule has 1 rings (SSSR count). The minimum Gasteiger partial charge on any atom is -0.480 e. The fraction of sp³-hybridized carbons (Fsp3) is 0.526. The minimum atomic E-state index is -1.51. The molecule has 3 N–H and O–H groups in total. The van der Waals surface area contributed by atoms with Gasteiger partial charge in [0.05, 0.1) is 0 Å². The van der Waals surface area contributed by atoms with Crippen molar-refractivity contribution in [3.8, 4) is 0 Å². The van der Waals surface area contributed by atoms with E-state index in [0.717, 1.165) is 5.56 Å². The third kappa shape index (κ3) is 8.94. The van der Waals surface area contributed by atoms with Gasteiger partial charge in [-0.25, -0.2) is 14.4 Å². The molecule has 0 aliphatic rings. The van der Waals surface area contributed by atoms with Crippen LogP contribution in [-0.2, 0) is 20.9 Å². The van der Waals surface area contributed by atoms with Crippen LogP contribution >= 0.6 is 0 Å². The molecular formula is C19H28N2O6. The average molecular weight is 380 g/mol. The summed E-state index contributed by atoms with van der Waals surface area (Å²) in [6, 6.07) is 9.07. The molecule has 0 heterocycles. The first-order chi connectivity index (χ1) is 12.5. The average Bonchev–Trinajstić information content (AvgIpc) is 2.56. The van der Waals surface area contributed by atoms with Gasteiger partial charge in [0.1, 0.15) is 17.7 Å². The summed E-state index contributed by atoms with van der Waals surface area (Å²) in [4.78, 5) is 35.1. The maximum Gasteiger partial charge on any atom is 0.408 e. The monoisotopic (exact) mass is 380 g/mol. The maximum atomic E-state index is 11.9. The van der Waals surface area contributed by atoms with Gasteiger partial charge in [-0.1, -0.05) is 30.3 Å². The molecule has 0 radical (unpaired) electrons. The van der Waals surface area contributed by atoms with Crippen molar-refractivity contribution < 1.29 is 29.0 Å². The predicted octanol–water partition coefficient (Wildman–Crippen LogP) is 3.06. The lowest BCUT2D eigenvalue weighted by molar-refractivity contribution is -0.144. The molecule has 8 nitrogen and oxygen atoms in total. The van der Waals surface area contributed by atoms with Crippen LogP contribution < -0.4 is 10.6 Å². The van der Waals surface area contributed by atoms with E-state index in [9.17, 15) is 19.5 Å². The second kappa shape index (κ2) is 9.80. The van der Waals surface area contributed by atoms with Gasteiger partial charge in [-0.2, -0.15) is 0 Å². The van der Waals surface area contributed by atoms with Crippen LogP contribution in [0.2, 0.25) is 0 Å². The molecule has 8 heteroatoms. The largest absolute Gasteiger partial charge is 0.480 e. The van der Waals surface area contributed by atoms with E-state index in [1.54, 1.807) is 32.9 Å². The minimum absolute atomic E-state index is 0.0442. The molecule has 27 heavy (non-hydrogen) atoms. The molecule has 0 saturated heterocycles. The first kappa shape index (κ1) is 22.3. The topological polar surface area (TPSA) is 114 Å². The summed E-state index contributed by atoms with van der Waals surface area (Å²) in [6.07, 6.45) is -0.946. The predicted molar refractivity (Wildman–Crippen MR) is 99.3 cm³/mol. The fourth-order valence-electron chi connectivity index (χ4n) is 2.15. The van der Waals surface area contributed by atoms with Crippen molar-refractivity contribution in [2.75, 3.05) is 6.54 Å². The molecule has 0 aliphatic carbocycles. The van der Waals surface area contributed by atoms with Crippen LogP contribution in [0.5, 0.6) is 0 Å². The highest BCUT2D eigenvalue weighted by atomic mass is 16.6. The number of benzene rings is 1. The highest BCUT2D eigenvalue weighted by Crippen LogP contribution is 2.14. The second-order valence-corrected chi connectivity index (χ2v) is 7.36. The zero-order chi connectivity index (χ0) is 20.5. The molecule has 1 aromatic rings. The van der Waals surface area contributed by atoms with Crippen LogP contribution in [-0.4, -0.2) is 40.9 Å². The molecule has 0 spiro atoms. The number of amides is 2. The van der Waals surface area contributed by atoms with E-state index < -0.39 is 29.3 Å². The summed E-state index contributed by atoms with van der Waals surface area (Å²) in [5.41, 5.74) is -1.32. The van der Waals surface area contributed by atoms with Gasteiger partial charge in [-0.05, 0) is 46.1 Å². The Labute approximate surface area is 159 Å². The molecule has 0 aliphatic heterocycles. The highest BCUT2D eigenvalue weighted by Gasteiger charge is 2.35. The van der Waals surface area contributed by atoms with Crippen molar-refractivity contribution in [2.45, 2.75) is 58.3 Å². The molecule has 1 aromatic carbocycles. The first-order valence-electron chi connectivity index (χ1n) is 8.71. The van der Waals surface area contributed by atoms with Crippen molar-refractivity contribution in [3.05, 3.63) is 35.9 Å². The van der Waals surface area contributed by atoms with Crippen LogP contribution in [0, 0.1) is 0 Å². The lowest BCUT2D eigenvalue weighted by atomic mass is 9.96. The molecule has 1 atom stereocenters. The van der Waals surface area contributed by atoms with Gasteiger partial charge in [0.25, 0.3) is 0 Å². The van der Waals surface area contributed by atoms with Crippen LogP contribution in [0.3, 0.4) is 0 Å². The van der Waals surface area contributed by atoms with Crippen LogP contribution in [0.15, 0.2) is 30.3 Å². The zero-order valence-electron chi connectivity index (χ0n) is 16.2. The summed E-state index contributed by atoms with van der Waals surface area (Å²) < 4.78 is 10.2. The van der Waals surface area contributed by atoms with E-state index in [2.05, 4.69) is 10.6 Å². The number of carboxylic acids is 1. The standard InChI is InChI=1S/C19H28N2O6/c1-18(2,3)27-16(24)20-12-8-11-19(4,15(22)23)21-17(25)26-13-14-9-6-5-7-10-14/h5-7,9-10H,8,11-13H2,1-4H3,(H,20,24)(H,21,25)(H,22,23)/t19-/m0/s1. The number of carbonyl (C=O) groups excluding carboxylic acids is 2. The molecule has 0 fully saturated rings. The van der Waals surface area contributed by atoms with E-state index in [1.807, 2.05) is 18.2 Å². The number of nitrogens with one attached hydrogen (secondary N) is 2. The zero-order valence-corrected chi connectivity index (χ0v) is 16.2. The summed E-state index contributed by atoms with van der Waals surface area (Å²) in [5.74, 6) is -1.18. The molecule has 0 aromatic heterocycles. The van der Waals surface area contributed by atoms with Crippen LogP contribution in [0.4, 0.5) is 9.59 Å². The Kier molecular flexibility index (Phi) is 8.08. The van der Waals surface area contributed by atoms with Gasteiger partial charge in [-0.15, -0.1) is 0 Å². The third-order valence-corrected chi connectivity index (χ3v) is 3.58. The third-order valence-electron chi connectivity index (χ3n) is 3.58. The van der Waals surface area contributed by atoms with Gasteiger partial charge in [-0.3, -0.25) is 0 Å². The number of rotatable bonds is 8. The Bertz CT molecular complexity index is 641. The van der Waals surface area contributed by atoms with Gasteiger partial charge < -0.3 is 25.2 Å². The van der Waals surface area contributed by atoms with Crippen LogP contribution in [0.1, 0.15) is 46.1 Å². The number of hydrogen-bond donors (Lipinski definition) is 3. The van der Waals surface area contributed by atoms with E-state index >= 15 is 0 Å². The maximum absolute atomic E-state index is 11.9. The Morgan fingerprint density at radius 1 is 1.04 bits per heavy atom. The summed E-state index contributed by atoms with van der Waals surface area (Å²) in [7, 11) is 0. The number of carbonyl (C=O) groups is 3. The Morgan fingerprint density at radius 2 is 1.67 bits per heavy atom. The Balaban J connectivity index is 2.44. The molecule has 0 unspecified atom stereocenters. The number of ether oxygens (including phenoxy) is 2. The van der Waals surface area contributed by atoms with E-state index in [-0.39, 0.29) is 19.6 Å². The smallest absolute Gasteiger partial charge is 0.408 e. The molecule has 0 bridgehead atoms. The summed E-state index contributed by atoms with van der Waals surface area (Å²) in [5, 5.41) is 14.4. The SMILES string of the molecule is CC(C)(C)OC(=O)NCCC[C@](C)(NC(=O)OCc1ccccc1)C(=O)O. The Hall–Kier alpha value is -2.77. The van der Waals surface area contributed by atoms with Crippen molar-refractivity contribution in [1.82, 2.24) is 10.6 Å². The summed E-state index contributed by atoms with van der Waals surface area (Å²) in [6.45, 7) is 6.91. The normalized spacial score (nSPS) is 13.2. The Morgan fingerprint density at radius 3 is 2.22 bits per heavy atom. The van der Waals surface area contributed by atoms with Crippen molar-refractivity contribution >= 4 is 18.2 Å². The van der Waals surface area contributed by atoms with Gasteiger partial charge in [0, 0.05) is 6.54 Å². The molecule has 150 valence electrons. The fourth-order valence-corrected chi connectivity index (χ4v) is 2.15. The molecule has 0 saturated carbocycles. The number of carboxylic acid groups (broad SMARTS) is 1. The van der Waals surface area contributed by atoms with Crippen molar-refractivity contribution in [3.63, 3.8) is 0 Å². The quantitative estimate of drug-likeness (QED) is 0.597. The number of aliphatic carboxylic acids is 1. The molecule has 2 amide bonds. The first-order valence-corrected chi connectivity index (χ1v) is 8.71. The van der Waals surface area contributed by atoms with Crippen LogP contribution in [0.25, 0.3) is 0 Å². The summed E-state index contributed by atoms with van der Waals surface area (Å²) >= 11 is 0. The van der Waals surface area contributed by atoms with Gasteiger partial charge >= 0.3 is 18.2 Å². The van der Waals surface area contributed by atoms with Gasteiger partial charge in [0.2, 0.25) is 0 Å². The van der Waals surface area contributed by atoms with E-state index in [4.69, 9.17) is 9.47 Å². The van der Waals surface area contributed by atoms with E-state index in [1.165, 1.54) is 6.92 Å². The highest BCUT2D eigenvalue weighted by molar-refractivity contribution is 5.83. The number of alkyl carbamates (subject to hydrolysis) is 2.